The maximum Gasteiger partial charge on any atom is 0.219 e. The highest BCUT2D eigenvalue weighted by molar-refractivity contribution is 5.75. The van der Waals surface area contributed by atoms with E-state index in [1.165, 1.54) is 0 Å². The monoisotopic (exact) mass is 224 g/mol. The molecule has 1 heterocycles. The van der Waals surface area contributed by atoms with Gasteiger partial charge in [0.05, 0.1) is 6.10 Å². The Labute approximate surface area is 96.3 Å². The quantitative estimate of drug-likeness (QED) is 0.766. The van der Waals surface area contributed by atoms with Crippen molar-refractivity contribution < 1.29 is 9.90 Å². The fourth-order valence-electron chi connectivity index (χ4n) is 1.63. The number of hydrogen-bond donors (Lipinski definition) is 2. The molecular weight excluding hydrogens is 204 g/mol. The molecule has 4 nitrogen and oxygen atoms in total. The highest BCUT2D eigenvalue weighted by atomic mass is 16.3. The van der Waals surface area contributed by atoms with E-state index in [1.54, 1.807) is 0 Å². The standard InChI is InChI=1S/C12H20N2O2/c1-3-5-12(16)13-8-7-11(15)10-6-4-9-14(10)2/h4,6,9,11,15H,3,5,7-8H2,1-2H3,(H,13,16). The Morgan fingerprint density at radius 3 is 2.94 bits per heavy atom. The van der Waals surface area contributed by atoms with Gasteiger partial charge in [-0.1, -0.05) is 6.92 Å². The van der Waals surface area contributed by atoms with E-state index < -0.39 is 6.10 Å². The SMILES string of the molecule is CCCC(=O)NCCC(O)c1cccn1C. The second kappa shape index (κ2) is 6.33. The van der Waals surface area contributed by atoms with Gasteiger partial charge in [0.25, 0.3) is 0 Å². The molecule has 0 saturated carbocycles. The van der Waals surface area contributed by atoms with Gasteiger partial charge in [0.1, 0.15) is 0 Å². The number of carbonyl (C=O) groups excluding carboxylic acids is 1. The molecule has 90 valence electrons. The molecule has 0 aliphatic carbocycles. The number of rotatable bonds is 6. The Bertz CT molecular complexity index is 334. The van der Waals surface area contributed by atoms with Crippen molar-refractivity contribution >= 4 is 5.91 Å². The predicted molar refractivity (Wildman–Crippen MR) is 62.9 cm³/mol. The third kappa shape index (κ3) is 3.70. The van der Waals surface area contributed by atoms with Crippen molar-refractivity contribution in [3.8, 4) is 0 Å². The van der Waals surface area contributed by atoms with Crippen molar-refractivity contribution in [3.05, 3.63) is 24.0 Å². The molecule has 1 atom stereocenters. The van der Waals surface area contributed by atoms with Gasteiger partial charge in [0.15, 0.2) is 0 Å². The van der Waals surface area contributed by atoms with E-state index in [-0.39, 0.29) is 5.91 Å². The van der Waals surface area contributed by atoms with Gasteiger partial charge in [0, 0.05) is 31.9 Å². The first-order valence-electron chi connectivity index (χ1n) is 5.71. The molecule has 1 unspecified atom stereocenters. The molecule has 0 saturated heterocycles. The minimum atomic E-state index is -0.512. The zero-order chi connectivity index (χ0) is 12.0. The van der Waals surface area contributed by atoms with Crippen molar-refractivity contribution in [2.75, 3.05) is 6.54 Å². The Kier molecular flexibility index (Phi) is 5.05. The maximum absolute atomic E-state index is 11.2. The number of nitrogens with zero attached hydrogens (tertiary/aromatic N) is 1. The van der Waals surface area contributed by atoms with Crippen molar-refractivity contribution in [2.24, 2.45) is 7.05 Å². The summed E-state index contributed by atoms with van der Waals surface area (Å²) in [6.07, 6.45) is 3.34. The van der Waals surface area contributed by atoms with E-state index >= 15 is 0 Å². The Morgan fingerprint density at radius 1 is 1.62 bits per heavy atom. The summed E-state index contributed by atoms with van der Waals surface area (Å²) in [5, 5.41) is 12.6. The van der Waals surface area contributed by atoms with Crippen LogP contribution in [0, 0.1) is 0 Å². The van der Waals surface area contributed by atoms with Crippen molar-refractivity contribution in [3.63, 3.8) is 0 Å². The molecule has 1 aromatic rings. The van der Waals surface area contributed by atoms with Gasteiger partial charge in [-0.15, -0.1) is 0 Å². The summed E-state index contributed by atoms with van der Waals surface area (Å²) in [6, 6.07) is 3.78. The zero-order valence-corrected chi connectivity index (χ0v) is 9.94. The molecule has 16 heavy (non-hydrogen) atoms. The van der Waals surface area contributed by atoms with Crippen LogP contribution >= 0.6 is 0 Å². The normalized spacial score (nSPS) is 12.4. The summed E-state index contributed by atoms with van der Waals surface area (Å²) in [6.45, 7) is 2.49. The van der Waals surface area contributed by atoms with Gasteiger partial charge in [0.2, 0.25) is 5.91 Å². The lowest BCUT2D eigenvalue weighted by molar-refractivity contribution is -0.121. The third-order valence-corrected chi connectivity index (χ3v) is 2.54. The number of nitrogens with one attached hydrogen (secondary N) is 1. The minimum Gasteiger partial charge on any atom is -0.387 e. The van der Waals surface area contributed by atoms with E-state index in [0.717, 1.165) is 12.1 Å². The number of aromatic nitrogens is 1. The molecule has 0 radical (unpaired) electrons. The lowest BCUT2D eigenvalue weighted by Crippen LogP contribution is -2.25. The lowest BCUT2D eigenvalue weighted by atomic mass is 10.2. The van der Waals surface area contributed by atoms with Crippen LogP contribution in [-0.2, 0) is 11.8 Å². The Morgan fingerprint density at radius 2 is 2.38 bits per heavy atom. The summed E-state index contributed by atoms with van der Waals surface area (Å²) >= 11 is 0. The molecule has 0 spiro atoms. The van der Waals surface area contributed by atoms with Gasteiger partial charge in [-0.25, -0.2) is 0 Å². The Balaban J connectivity index is 2.28. The van der Waals surface area contributed by atoms with Gasteiger partial charge in [-0.2, -0.15) is 0 Å². The molecule has 2 N–H and O–H groups in total. The topological polar surface area (TPSA) is 54.3 Å². The van der Waals surface area contributed by atoms with Gasteiger partial charge < -0.3 is 15.0 Å². The average Bonchev–Trinajstić information content (AvgIpc) is 2.64. The maximum atomic E-state index is 11.2. The van der Waals surface area contributed by atoms with Crippen molar-refractivity contribution in [2.45, 2.75) is 32.3 Å². The largest absolute Gasteiger partial charge is 0.387 e. The number of aryl methyl sites for hydroxylation is 1. The van der Waals surface area contributed by atoms with Crippen LogP contribution in [0.1, 0.15) is 38.0 Å². The number of hydrogen-bond acceptors (Lipinski definition) is 2. The van der Waals surface area contributed by atoms with E-state index in [2.05, 4.69) is 5.32 Å². The first-order chi connectivity index (χ1) is 7.65. The number of aliphatic hydroxyl groups is 1. The summed E-state index contributed by atoms with van der Waals surface area (Å²) in [5.41, 5.74) is 0.879. The number of carbonyl (C=O) groups is 1. The van der Waals surface area contributed by atoms with E-state index in [9.17, 15) is 9.90 Å². The van der Waals surface area contributed by atoms with Gasteiger partial charge in [-0.05, 0) is 25.0 Å². The van der Waals surface area contributed by atoms with E-state index in [1.807, 2.05) is 36.9 Å². The molecule has 1 amide bonds. The Hall–Kier alpha value is -1.29. The smallest absolute Gasteiger partial charge is 0.219 e. The van der Waals surface area contributed by atoms with E-state index in [4.69, 9.17) is 0 Å². The minimum absolute atomic E-state index is 0.0570. The highest BCUT2D eigenvalue weighted by Gasteiger charge is 2.10. The molecule has 0 bridgehead atoms. The second-order valence-electron chi connectivity index (χ2n) is 3.95. The average molecular weight is 224 g/mol. The van der Waals surface area contributed by atoms with Crippen LogP contribution < -0.4 is 5.32 Å². The second-order valence-corrected chi connectivity index (χ2v) is 3.95. The van der Waals surface area contributed by atoms with Gasteiger partial charge >= 0.3 is 0 Å². The van der Waals surface area contributed by atoms with Crippen molar-refractivity contribution in [1.29, 1.82) is 0 Å². The van der Waals surface area contributed by atoms with Gasteiger partial charge in [-0.3, -0.25) is 4.79 Å². The van der Waals surface area contributed by atoms with Crippen LogP contribution in [-0.4, -0.2) is 22.1 Å². The van der Waals surface area contributed by atoms with Crippen LogP contribution in [0.2, 0.25) is 0 Å². The molecule has 0 aliphatic heterocycles. The molecular formula is C12H20N2O2. The third-order valence-electron chi connectivity index (χ3n) is 2.54. The van der Waals surface area contributed by atoms with Crippen LogP contribution in [0.3, 0.4) is 0 Å². The molecule has 0 aliphatic rings. The first kappa shape index (κ1) is 12.8. The summed E-state index contributed by atoms with van der Waals surface area (Å²) < 4.78 is 1.89. The van der Waals surface area contributed by atoms with E-state index in [0.29, 0.717) is 19.4 Å². The number of amides is 1. The lowest BCUT2D eigenvalue weighted by Gasteiger charge is -2.12. The molecule has 1 rings (SSSR count). The number of aliphatic hydroxyl groups excluding tert-OH is 1. The fourth-order valence-corrected chi connectivity index (χ4v) is 1.63. The van der Waals surface area contributed by atoms with Crippen LogP contribution in [0.5, 0.6) is 0 Å². The summed E-state index contributed by atoms with van der Waals surface area (Å²) in [4.78, 5) is 11.2. The van der Waals surface area contributed by atoms with Crippen LogP contribution in [0.25, 0.3) is 0 Å². The van der Waals surface area contributed by atoms with Crippen molar-refractivity contribution in [1.82, 2.24) is 9.88 Å². The molecule has 1 aromatic heterocycles. The molecule has 0 aromatic carbocycles. The fraction of sp³-hybridized carbons (Fsp3) is 0.583. The van der Waals surface area contributed by atoms with Crippen LogP contribution in [0.4, 0.5) is 0 Å². The highest BCUT2D eigenvalue weighted by Crippen LogP contribution is 2.15. The predicted octanol–water partition coefficient (Wildman–Crippen LogP) is 1.36. The molecule has 0 fully saturated rings. The van der Waals surface area contributed by atoms with Crippen LogP contribution in [0.15, 0.2) is 18.3 Å². The molecule has 4 heteroatoms. The zero-order valence-electron chi connectivity index (χ0n) is 9.94. The summed E-state index contributed by atoms with van der Waals surface area (Å²) in [7, 11) is 1.90. The first-order valence-corrected chi connectivity index (χ1v) is 5.71. The summed E-state index contributed by atoms with van der Waals surface area (Å²) in [5.74, 6) is 0.0570.